The molecule has 5 rings (SSSR count). The predicted molar refractivity (Wildman–Crippen MR) is 158 cm³/mol. The molecular formula is C32H39N5O4. The number of aromatic amines is 1. The van der Waals surface area contributed by atoms with Gasteiger partial charge in [0.1, 0.15) is 17.4 Å². The molecule has 2 aromatic heterocycles. The van der Waals surface area contributed by atoms with Gasteiger partial charge in [0.2, 0.25) is 5.56 Å². The van der Waals surface area contributed by atoms with Gasteiger partial charge in [-0.1, -0.05) is 43.3 Å². The summed E-state index contributed by atoms with van der Waals surface area (Å²) in [6.07, 6.45) is -0.0364. The molecule has 0 aliphatic carbocycles. The molecule has 3 heterocycles. The van der Waals surface area contributed by atoms with Crippen molar-refractivity contribution in [1.29, 1.82) is 0 Å². The zero-order valence-electron chi connectivity index (χ0n) is 24.9. The molecule has 9 heteroatoms. The second-order valence-corrected chi connectivity index (χ2v) is 12.2. The highest BCUT2D eigenvalue weighted by molar-refractivity contribution is 5.81. The van der Waals surface area contributed by atoms with Crippen molar-refractivity contribution in [1.82, 2.24) is 24.9 Å². The number of ether oxygens (including phenoxy) is 1. The molecule has 0 saturated heterocycles. The standard InChI is InChI=1S/C32H39N5O4/c1-18(2)27-17-37(16-24-26(41-27)12-13-28(38)33-24)15-22-14-21(9-8-19(22)3)29(32(5,6)31(39)40)23-10-11-25-30(20(23)4)34-35-36(25)7/h8-14,18,27,29H,15-17H2,1-7H3,(H,33,38)(H,39,40)/t27-,29?/m0/s1. The van der Waals surface area contributed by atoms with E-state index in [0.29, 0.717) is 19.6 Å². The number of pyridine rings is 1. The van der Waals surface area contributed by atoms with Crippen molar-refractivity contribution in [2.45, 2.75) is 66.7 Å². The van der Waals surface area contributed by atoms with Gasteiger partial charge in [-0.2, -0.15) is 0 Å². The summed E-state index contributed by atoms with van der Waals surface area (Å²) in [5.41, 5.74) is 6.23. The van der Waals surface area contributed by atoms with Gasteiger partial charge < -0.3 is 14.8 Å². The molecule has 9 nitrogen and oxygen atoms in total. The summed E-state index contributed by atoms with van der Waals surface area (Å²) in [5.74, 6) is -0.288. The van der Waals surface area contributed by atoms with Crippen LogP contribution in [0.5, 0.6) is 5.75 Å². The molecular weight excluding hydrogens is 518 g/mol. The molecule has 0 spiro atoms. The summed E-state index contributed by atoms with van der Waals surface area (Å²) in [6.45, 7) is 13.8. The largest absolute Gasteiger partial charge is 0.487 e. The number of aromatic nitrogens is 4. The molecule has 1 aliphatic rings. The SMILES string of the molecule is Cc1ccc(C(c2ccc3c(nnn3C)c2C)C(C)(C)C(=O)O)cc1CN1Cc2[nH]c(=O)ccc2O[C@H](C(C)C)C1. The Labute approximate surface area is 240 Å². The first-order valence-corrected chi connectivity index (χ1v) is 14.1. The lowest BCUT2D eigenvalue weighted by atomic mass is 9.69. The van der Waals surface area contributed by atoms with Crippen molar-refractivity contribution in [3.05, 3.63) is 86.3 Å². The molecule has 0 amide bonds. The van der Waals surface area contributed by atoms with Gasteiger partial charge in [-0.3, -0.25) is 14.5 Å². The number of hydrogen-bond donors (Lipinski definition) is 2. The number of carboxylic acids is 1. The van der Waals surface area contributed by atoms with Gasteiger partial charge in [-0.15, -0.1) is 5.10 Å². The number of H-pyrrole nitrogens is 1. The van der Waals surface area contributed by atoms with E-state index < -0.39 is 17.3 Å². The second kappa shape index (κ2) is 10.8. The molecule has 0 bridgehead atoms. The van der Waals surface area contributed by atoms with Crippen molar-refractivity contribution in [3.63, 3.8) is 0 Å². The number of aryl methyl sites for hydroxylation is 3. The summed E-state index contributed by atoms with van der Waals surface area (Å²) in [4.78, 5) is 30.0. The maximum absolute atomic E-state index is 12.7. The van der Waals surface area contributed by atoms with E-state index in [0.717, 1.165) is 50.3 Å². The first-order chi connectivity index (χ1) is 19.4. The number of hydrogen-bond acceptors (Lipinski definition) is 6. The Bertz CT molecular complexity index is 1670. The van der Waals surface area contributed by atoms with Crippen LogP contribution in [0.15, 0.2) is 47.3 Å². The average Bonchev–Trinajstić information content (AvgIpc) is 3.18. The Morgan fingerprint density at radius 3 is 2.63 bits per heavy atom. The van der Waals surface area contributed by atoms with Crippen LogP contribution in [-0.2, 0) is 24.9 Å². The van der Waals surface area contributed by atoms with Crippen molar-refractivity contribution in [2.75, 3.05) is 6.54 Å². The first kappa shape index (κ1) is 28.5. The maximum atomic E-state index is 12.7. The topological polar surface area (TPSA) is 113 Å². The average molecular weight is 558 g/mol. The summed E-state index contributed by atoms with van der Waals surface area (Å²) in [5, 5.41) is 18.9. The molecule has 0 saturated carbocycles. The monoisotopic (exact) mass is 557 g/mol. The van der Waals surface area contributed by atoms with Crippen LogP contribution in [0.1, 0.15) is 67.1 Å². The smallest absolute Gasteiger partial charge is 0.310 e. The number of carboxylic acid groups (broad SMARTS) is 1. The molecule has 1 aliphatic heterocycles. The minimum Gasteiger partial charge on any atom is -0.487 e. The van der Waals surface area contributed by atoms with Crippen LogP contribution >= 0.6 is 0 Å². The lowest BCUT2D eigenvalue weighted by molar-refractivity contribution is -0.147. The van der Waals surface area contributed by atoms with E-state index in [4.69, 9.17) is 4.74 Å². The van der Waals surface area contributed by atoms with Gasteiger partial charge >= 0.3 is 5.97 Å². The van der Waals surface area contributed by atoms with Gasteiger partial charge in [0.05, 0.1) is 16.6 Å². The summed E-state index contributed by atoms with van der Waals surface area (Å²) in [7, 11) is 1.85. The first-order valence-electron chi connectivity index (χ1n) is 14.1. The molecule has 2 N–H and O–H groups in total. The Kier molecular flexibility index (Phi) is 7.50. The Morgan fingerprint density at radius 2 is 1.93 bits per heavy atom. The van der Waals surface area contributed by atoms with Crippen molar-refractivity contribution >= 4 is 17.0 Å². The van der Waals surface area contributed by atoms with Crippen molar-refractivity contribution < 1.29 is 14.6 Å². The number of nitrogens with one attached hydrogen (secondary N) is 1. The third-order valence-electron chi connectivity index (χ3n) is 8.56. The number of fused-ring (bicyclic) bond motifs is 2. The van der Waals surface area contributed by atoms with Gasteiger partial charge in [0.25, 0.3) is 0 Å². The van der Waals surface area contributed by atoms with Crippen LogP contribution in [0.25, 0.3) is 11.0 Å². The summed E-state index contributed by atoms with van der Waals surface area (Å²) >= 11 is 0. The van der Waals surface area contributed by atoms with Crippen LogP contribution in [-0.4, -0.2) is 48.6 Å². The molecule has 2 atom stereocenters. The lowest BCUT2D eigenvalue weighted by Gasteiger charge is -2.33. The van der Waals surface area contributed by atoms with Gasteiger partial charge in [0, 0.05) is 38.7 Å². The zero-order chi connectivity index (χ0) is 29.6. The molecule has 0 fully saturated rings. The molecule has 0 radical (unpaired) electrons. The van der Waals surface area contributed by atoms with Gasteiger partial charge in [-0.25, -0.2) is 4.68 Å². The third kappa shape index (κ3) is 5.38. The van der Waals surface area contributed by atoms with Gasteiger partial charge in [0.15, 0.2) is 0 Å². The molecule has 1 unspecified atom stereocenters. The fourth-order valence-corrected chi connectivity index (χ4v) is 5.89. The Morgan fingerprint density at radius 1 is 1.17 bits per heavy atom. The summed E-state index contributed by atoms with van der Waals surface area (Å²) < 4.78 is 8.05. The quantitative estimate of drug-likeness (QED) is 0.331. The minimum atomic E-state index is -1.09. The molecule has 216 valence electrons. The van der Waals surface area contributed by atoms with Crippen LogP contribution in [0, 0.1) is 25.2 Å². The second-order valence-electron chi connectivity index (χ2n) is 12.2. The van der Waals surface area contributed by atoms with Gasteiger partial charge in [-0.05, 0) is 73.6 Å². The number of aliphatic carboxylic acids is 1. The van der Waals surface area contributed by atoms with E-state index in [2.05, 4.69) is 53.1 Å². The Hall–Kier alpha value is -3.98. The zero-order valence-corrected chi connectivity index (χ0v) is 24.9. The number of carbonyl (C=O) groups is 1. The van der Waals surface area contributed by atoms with Crippen molar-refractivity contribution in [2.24, 2.45) is 18.4 Å². The highest BCUT2D eigenvalue weighted by Crippen LogP contribution is 2.44. The third-order valence-corrected chi connectivity index (χ3v) is 8.56. The molecule has 41 heavy (non-hydrogen) atoms. The lowest BCUT2D eigenvalue weighted by Crippen LogP contribution is -2.36. The predicted octanol–water partition coefficient (Wildman–Crippen LogP) is 4.94. The molecule has 2 aromatic carbocycles. The number of benzene rings is 2. The molecule has 4 aromatic rings. The van der Waals surface area contributed by atoms with E-state index in [1.54, 1.807) is 24.6 Å². The van der Waals surface area contributed by atoms with E-state index >= 15 is 0 Å². The van der Waals surface area contributed by atoms with Crippen LogP contribution in [0.3, 0.4) is 0 Å². The van der Waals surface area contributed by atoms with E-state index in [1.165, 1.54) is 6.07 Å². The van der Waals surface area contributed by atoms with Crippen LogP contribution in [0.4, 0.5) is 0 Å². The van der Waals surface area contributed by atoms with E-state index in [9.17, 15) is 14.7 Å². The Balaban J connectivity index is 1.57. The van der Waals surface area contributed by atoms with E-state index in [-0.39, 0.29) is 17.6 Å². The summed E-state index contributed by atoms with van der Waals surface area (Å²) in [6, 6.07) is 13.5. The van der Waals surface area contributed by atoms with Crippen LogP contribution < -0.4 is 10.3 Å². The fourth-order valence-electron chi connectivity index (χ4n) is 5.89. The van der Waals surface area contributed by atoms with E-state index in [1.807, 2.05) is 32.2 Å². The number of nitrogens with zero attached hydrogens (tertiary/aromatic N) is 4. The fraction of sp³-hybridized carbons (Fsp3) is 0.438. The van der Waals surface area contributed by atoms with Crippen LogP contribution in [0.2, 0.25) is 0 Å². The number of rotatable bonds is 7. The van der Waals surface area contributed by atoms with Crippen molar-refractivity contribution in [3.8, 4) is 5.75 Å². The maximum Gasteiger partial charge on any atom is 0.310 e. The highest BCUT2D eigenvalue weighted by Gasteiger charge is 2.40. The normalized spacial score (nSPS) is 16.8. The highest BCUT2D eigenvalue weighted by atomic mass is 16.5. The minimum absolute atomic E-state index is 0.0364.